The minimum atomic E-state index is -1.10. The van der Waals surface area contributed by atoms with E-state index in [4.69, 9.17) is 9.84 Å². The smallest absolute Gasteiger partial charge is 0.450 e. The second kappa shape index (κ2) is 21.6. The quantitative estimate of drug-likeness (QED) is 0.159. The Bertz CT molecular complexity index is 282. The summed E-state index contributed by atoms with van der Waals surface area (Å²) < 4.78 is 5.11. The van der Waals surface area contributed by atoms with Gasteiger partial charge < -0.3 is 9.84 Å². The zero-order chi connectivity index (χ0) is 20.0. The fraction of sp³-hybridized carbons (Fsp3) is 0.958. The lowest BCUT2D eigenvalue weighted by Crippen LogP contribution is -2.16. The molecule has 0 saturated heterocycles. The van der Waals surface area contributed by atoms with Crippen molar-refractivity contribution in [3.05, 3.63) is 0 Å². The van der Waals surface area contributed by atoms with Crippen molar-refractivity contribution < 1.29 is 14.6 Å². The molecule has 0 amide bonds. The second-order valence-corrected chi connectivity index (χ2v) is 8.24. The fourth-order valence-corrected chi connectivity index (χ4v) is 3.77. The molecule has 0 radical (unpaired) electrons. The van der Waals surface area contributed by atoms with E-state index in [1.54, 1.807) is 0 Å². The zero-order valence-corrected chi connectivity index (χ0v) is 18.5. The number of ether oxygens (including phenoxy) is 1. The van der Waals surface area contributed by atoms with Crippen LogP contribution in [0.15, 0.2) is 0 Å². The minimum absolute atomic E-state index is 0.0865. The Morgan fingerprint density at radius 1 is 0.593 bits per heavy atom. The summed E-state index contributed by atoms with van der Waals surface area (Å²) in [5.41, 5.74) is 0. The maximum absolute atomic E-state index is 10.9. The first-order valence-corrected chi connectivity index (χ1v) is 12.1. The van der Waals surface area contributed by atoms with Crippen LogP contribution in [0.2, 0.25) is 0 Å². The number of rotatable bonds is 21. The van der Waals surface area contributed by atoms with Gasteiger partial charge in [-0.25, -0.2) is 4.79 Å². The van der Waals surface area contributed by atoms with Crippen molar-refractivity contribution in [1.82, 2.24) is 0 Å². The summed E-state index contributed by atoms with van der Waals surface area (Å²) >= 11 is 0. The highest BCUT2D eigenvalue weighted by Crippen LogP contribution is 2.17. The van der Waals surface area contributed by atoms with Gasteiger partial charge in [-0.3, -0.25) is 0 Å². The number of unbranched alkanes of at least 4 members (excludes halogenated alkanes) is 16. The summed E-state index contributed by atoms with van der Waals surface area (Å²) in [7, 11) is 0. The first-order chi connectivity index (χ1) is 13.2. The molecule has 0 aliphatic carbocycles. The standard InChI is InChI=1S/C24H48O3/c1-3-5-7-9-11-13-15-17-19-21-23(27-24(25)26)22-20-18-16-14-12-10-8-6-4-2/h23H,3-22H2,1-2H3,(H,25,26). The van der Waals surface area contributed by atoms with Gasteiger partial charge in [0.05, 0.1) is 0 Å². The van der Waals surface area contributed by atoms with Gasteiger partial charge in [-0.15, -0.1) is 0 Å². The van der Waals surface area contributed by atoms with Crippen LogP contribution in [0, 0.1) is 0 Å². The fourth-order valence-electron chi connectivity index (χ4n) is 3.77. The average Bonchev–Trinajstić information content (AvgIpc) is 2.64. The van der Waals surface area contributed by atoms with Gasteiger partial charge in [0.1, 0.15) is 6.10 Å². The summed E-state index contributed by atoms with van der Waals surface area (Å²) in [5, 5.41) is 8.95. The number of carboxylic acid groups (broad SMARTS) is 1. The molecule has 0 spiro atoms. The monoisotopic (exact) mass is 384 g/mol. The molecule has 0 rings (SSSR count). The van der Waals surface area contributed by atoms with Gasteiger partial charge >= 0.3 is 6.16 Å². The molecular formula is C24H48O3. The molecule has 162 valence electrons. The third kappa shape index (κ3) is 21.4. The van der Waals surface area contributed by atoms with Crippen LogP contribution in [-0.4, -0.2) is 17.4 Å². The molecule has 0 fully saturated rings. The Balaban J connectivity index is 3.58. The minimum Gasteiger partial charge on any atom is -0.450 e. The van der Waals surface area contributed by atoms with Crippen LogP contribution in [-0.2, 0) is 4.74 Å². The van der Waals surface area contributed by atoms with E-state index < -0.39 is 6.16 Å². The number of hydrogen-bond acceptors (Lipinski definition) is 2. The van der Waals surface area contributed by atoms with E-state index >= 15 is 0 Å². The Morgan fingerprint density at radius 3 is 1.19 bits per heavy atom. The topological polar surface area (TPSA) is 46.5 Å². The Labute approximate surface area is 169 Å². The van der Waals surface area contributed by atoms with Crippen LogP contribution >= 0.6 is 0 Å². The molecule has 0 aromatic heterocycles. The van der Waals surface area contributed by atoms with Crippen molar-refractivity contribution in [3.8, 4) is 0 Å². The average molecular weight is 385 g/mol. The Morgan fingerprint density at radius 2 is 0.889 bits per heavy atom. The van der Waals surface area contributed by atoms with E-state index in [-0.39, 0.29) is 6.10 Å². The van der Waals surface area contributed by atoms with E-state index in [2.05, 4.69) is 13.8 Å². The van der Waals surface area contributed by atoms with Crippen molar-refractivity contribution >= 4 is 6.16 Å². The first-order valence-electron chi connectivity index (χ1n) is 12.1. The van der Waals surface area contributed by atoms with Crippen molar-refractivity contribution in [2.45, 2.75) is 148 Å². The molecule has 0 atom stereocenters. The normalized spacial score (nSPS) is 11.2. The SMILES string of the molecule is CCCCCCCCCCCC(CCCCCCCCCCC)OC(=O)O. The number of carbonyl (C=O) groups is 1. The largest absolute Gasteiger partial charge is 0.506 e. The van der Waals surface area contributed by atoms with E-state index in [0.29, 0.717) is 0 Å². The first kappa shape index (κ1) is 26.3. The van der Waals surface area contributed by atoms with Gasteiger partial charge in [-0.2, -0.15) is 0 Å². The van der Waals surface area contributed by atoms with Gasteiger partial charge in [0.15, 0.2) is 0 Å². The summed E-state index contributed by atoms with van der Waals surface area (Å²) in [4.78, 5) is 10.9. The third-order valence-electron chi connectivity index (χ3n) is 5.53. The summed E-state index contributed by atoms with van der Waals surface area (Å²) in [6, 6.07) is 0. The predicted octanol–water partition coefficient (Wildman–Crippen LogP) is 8.89. The summed E-state index contributed by atoms with van der Waals surface area (Å²) in [5.74, 6) is 0. The molecule has 0 heterocycles. The molecule has 1 N–H and O–H groups in total. The number of hydrogen-bond donors (Lipinski definition) is 1. The van der Waals surface area contributed by atoms with Crippen LogP contribution in [0.1, 0.15) is 142 Å². The maximum atomic E-state index is 10.9. The van der Waals surface area contributed by atoms with Crippen molar-refractivity contribution in [2.24, 2.45) is 0 Å². The molecule has 3 nitrogen and oxygen atoms in total. The Kier molecular flexibility index (Phi) is 21.0. The van der Waals surface area contributed by atoms with Crippen LogP contribution in [0.25, 0.3) is 0 Å². The lowest BCUT2D eigenvalue weighted by molar-refractivity contribution is 0.0422. The van der Waals surface area contributed by atoms with Crippen LogP contribution < -0.4 is 0 Å². The lowest BCUT2D eigenvalue weighted by atomic mass is 10.0. The van der Waals surface area contributed by atoms with Crippen molar-refractivity contribution in [2.75, 3.05) is 0 Å². The van der Waals surface area contributed by atoms with Crippen LogP contribution in [0.4, 0.5) is 4.79 Å². The summed E-state index contributed by atoms with van der Waals surface area (Å²) in [6.07, 6.45) is 24.0. The van der Waals surface area contributed by atoms with E-state index in [0.717, 1.165) is 25.7 Å². The van der Waals surface area contributed by atoms with Crippen LogP contribution in [0.5, 0.6) is 0 Å². The maximum Gasteiger partial charge on any atom is 0.506 e. The highest BCUT2D eigenvalue weighted by Gasteiger charge is 2.13. The molecule has 0 aromatic rings. The van der Waals surface area contributed by atoms with Gasteiger partial charge in [0.25, 0.3) is 0 Å². The predicted molar refractivity (Wildman–Crippen MR) is 117 cm³/mol. The molecule has 0 saturated carbocycles. The second-order valence-electron chi connectivity index (χ2n) is 8.24. The molecule has 27 heavy (non-hydrogen) atoms. The molecule has 0 aliphatic heterocycles. The van der Waals surface area contributed by atoms with E-state index in [9.17, 15) is 4.79 Å². The van der Waals surface area contributed by atoms with Crippen molar-refractivity contribution in [1.29, 1.82) is 0 Å². The van der Waals surface area contributed by atoms with Gasteiger partial charge in [-0.1, -0.05) is 117 Å². The van der Waals surface area contributed by atoms with Crippen LogP contribution in [0.3, 0.4) is 0 Å². The van der Waals surface area contributed by atoms with E-state index in [1.807, 2.05) is 0 Å². The highest BCUT2D eigenvalue weighted by atomic mass is 16.7. The van der Waals surface area contributed by atoms with Crippen molar-refractivity contribution in [3.63, 3.8) is 0 Å². The van der Waals surface area contributed by atoms with Gasteiger partial charge in [0.2, 0.25) is 0 Å². The molecule has 0 bridgehead atoms. The lowest BCUT2D eigenvalue weighted by Gasteiger charge is -2.16. The van der Waals surface area contributed by atoms with Gasteiger partial charge in [-0.05, 0) is 25.7 Å². The molecule has 0 aliphatic rings. The van der Waals surface area contributed by atoms with E-state index in [1.165, 1.54) is 103 Å². The van der Waals surface area contributed by atoms with Gasteiger partial charge in [0, 0.05) is 0 Å². The highest BCUT2D eigenvalue weighted by molar-refractivity contribution is 5.57. The molecule has 0 aromatic carbocycles. The molecular weight excluding hydrogens is 336 g/mol. The molecule has 0 unspecified atom stereocenters. The third-order valence-corrected chi connectivity index (χ3v) is 5.53. The zero-order valence-electron chi connectivity index (χ0n) is 18.5. The summed E-state index contributed by atoms with van der Waals surface area (Å²) in [6.45, 7) is 4.51. The molecule has 3 heteroatoms. The Hall–Kier alpha value is -0.730.